The minimum absolute atomic E-state index is 0. The zero-order valence-electron chi connectivity index (χ0n) is 17.5. The van der Waals surface area contributed by atoms with Gasteiger partial charge in [-0.05, 0) is 37.6 Å². The first-order valence-electron chi connectivity index (χ1n) is 9.71. The molecule has 2 aromatic rings. The van der Waals surface area contributed by atoms with Crippen molar-refractivity contribution in [1.82, 2.24) is 29.7 Å². The molecular weight excluding hydrogens is 537 g/mol. The fourth-order valence-electron chi connectivity index (χ4n) is 3.34. The van der Waals surface area contributed by atoms with E-state index in [4.69, 9.17) is 0 Å². The lowest BCUT2D eigenvalue weighted by Gasteiger charge is -2.23. The lowest BCUT2D eigenvalue weighted by Crippen LogP contribution is -2.46. The van der Waals surface area contributed by atoms with Crippen LogP contribution in [-0.2, 0) is 30.0 Å². The topological polar surface area (TPSA) is 105 Å². The summed E-state index contributed by atoms with van der Waals surface area (Å²) < 4.78 is 27.4. The first kappa shape index (κ1) is 25.0. The summed E-state index contributed by atoms with van der Waals surface area (Å²) in [5, 5.41) is 17.0. The molecule has 0 aromatic carbocycles. The third kappa shape index (κ3) is 6.89. The molecule has 0 aliphatic carbocycles. The number of aryl methyl sites for hydroxylation is 1. The van der Waals surface area contributed by atoms with E-state index in [0.717, 1.165) is 37.5 Å². The fraction of sp³-hybridized carbons (Fsp3) is 0.611. The monoisotopic (exact) mass is 567 g/mol. The molecule has 1 fully saturated rings. The molecule has 2 aromatic heterocycles. The van der Waals surface area contributed by atoms with Crippen molar-refractivity contribution in [2.75, 3.05) is 25.9 Å². The summed E-state index contributed by atoms with van der Waals surface area (Å²) in [7, 11) is -1.27. The van der Waals surface area contributed by atoms with E-state index in [9.17, 15) is 8.42 Å². The molecule has 0 radical (unpaired) electrons. The molecule has 1 aliphatic rings. The molecular formula is C18H30IN7O2S2. The maximum absolute atomic E-state index is 12.0. The number of hydrogen-bond donors (Lipinski definition) is 2. The van der Waals surface area contributed by atoms with Gasteiger partial charge < -0.3 is 15.2 Å². The number of aromatic nitrogens is 3. The number of aliphatic imine (C=N–C) groups is 1. The highest BCUT2D eigenvalue weighted by Gasteiger charge is 2.31. The number of thiophene rings is 1. The van der Waals surface area contributed by atoms with E-state index in [0.29, 0.717) is 25.6 Å². The van der Waals surface area contributed by atoms with E-state index in [-0.39, 0.29) is 30.0 Å². The fourth-order valence-corrected chi connectivity index (χ4v) is 5.23. The van der Waals surface area contributed by atoms with Crippen LogP contribution in [0.15, 0.2) is 22.5 Å². The molecule has 0 amide bonds. The van der Waals surface area contributed by atoms with Gasteiger partial charge in [-0.25, -0.2) is 13.4 Å². The second-order valence-electron chi connectivity index (χ2n) is 7.19. The predicted octanol–water partition coefficient (Wildman–Crippen LogP) is 1.50. The number of hydrogen-bond acceptors (Lipinski definition) is 6. The van der Waals surface area contributed by atoms with Crippen LogP contribution in [0.5, 0.6) is 0 Å². The van der Waals surface area contributed by atoms with Gasteiger partial charge in [0.25, 0.3) is 0 Å². The second-order valence-corrected chi connectivity index (χ2v) is 10.2. The SMILES string of the molecule is Cc1nnc(CN=C(NCCc2cccs2)NC[C@H]2CCCN2S(C)(=O)=O)n1C.I. The van der Waals surface area contributed by atoms with Crippen LogP contribution in [0.25, 0.3) is 0 Å². The van der Waals surface area contributed by atoms with E-state index in [2.05, 4.69) is 37.3 Å². The van der Waals surface area contributed by atoms with Crippen molar-refractivity contribution in [3.05, 3.63) is 34.0 Å². The quantitative estimate of drug-likeness (QED) is 0.285. The molecule has 0 spiro atoms. The number of nitrogens with one attached hydrogen (secondary N) is 2. The van der Waals surface area contributed by atoms with Crippen LogP contribution >= 0.6 is 35.3 Å². The number of nitrogens with zero attached hydrogens (tertiary/aromatic N) is 5. The Morgan fingerprint density at radius 1 is 1.37 bits per heavy atom. The van der Waals surface area contributed by atoms with Gasteiger partial charge in [-0.3, -0.25) is 0 Å². The minimum Gasteiger partial charge on any atom is -0.356 e. The Morgan fingerprint density at radius 2 is 2.17 bits per heavy atom. The van der Waals surface area contributed by atoms with Gasteiger partial charge in [-0.1, -0.05) is 6.07 Å². The van der Waals surface area contributed by atoms with Gasteiger partial charge >= 0.3 is 0 Å². The standard InChI is InChI=1S/C18H29N7O2S2.HI/c1-14-22-23-17(24(14)2)13-21-18(19-9-8-16-7-5-11-28-16)20-12-15-6-4-10-25(15)29(3,26)27;/h5,7,11,15H,4,6,8-10,12-13H2,1-3H3,(H2,19,20,21);1H/t15-;/m1./s1. The molecule has 1 saturated heterocycles. The molecule has 9 nitrogen and oxygen atoms in total. The van der Waals surface area contributed by atoms with Gasteiger partial charge in [-0.15, -0.1) is 45.5 Å². The maximum atomic E-state index is 12.0. The van der Waals surface area contributed by atoms with Gasteiger partial charge in [0, 0.05) is 37.6 Å². The molecule has 30 heavy (non-hydrogen) atoms. The molecule has 12 heteroatoms. The van der Waals surface area contributed by atoms with Crippen LogP contribution in [-0.4, -0.2) is 65.4 Å². The second kappa shape index (κ2) is 11.4. The molecule has 168 valence electrons. The summed E-state index contributed by atoms with van der Waals surface area (Å²) in [6.07, 6.45) is 3.91. The summed E-state index contributed by atoms with van der Waals surface area (Å²) in [6, 6.07) is 4.11. The van der Waals surface area contributed by atoms with Crippen LogP contribution in [0.4, 0.5) is 0 Å². The molecule has 3 heterocycles. The third-order valence-corrected chi connectivity index (χ3v) is 7.33. The first-order chi connectivity index (χ1) is 13.8. The zero-order chi connectivity index (χ0) is 20.9. The van der Waals surface area contributed by atoms with Crippen LogP contribution < -0.4 is 10.6 Å². The number of rotatable bonds is 8. The maximum Gasteiger partial charge on any atom is 0.211 e. The largest absolute Gasteiger partial charge is 0.356 e. The number of sulfonamides is 1. The average Bonchev–Trinajstić information content (AvgIpc) is 3.40. The average molecular weight is 568 g/mol. The van der Waals surface area contributed by atoms with Crippen LogP contribution in [0.2, 0.25) is 0 Å². The Hall–Kier alpha value is -1.25. The van der Waals surface area contributed by atoms with Gasteiger partial charge in [-0.2, -0.15) is 4.31 Å². The van der Waals surface area contributed by atoms with Crippen molar-refractivity contribution in [3.8, 4) is 0 Å². The van der Waals surface area contributed by atoms with Crippen LogP contribution in [0, 0.1) is 6.92 Å². The first-order valence-corrected chi connectivity index (χ1v) is 12.4. The lowest BCUT2D eigenvalue weighted by molar-refractivity contribution is 0.387. The smallest absolute Gasteiger partial charge is 0.211 e. The van der Waals surface area contributed by atoms with Gasteiger partial charge in [0.05, 0.1) is 6.26 Å². The van der Waals surface area contributed by atoms with Gasteiger partial charge in [0.2, 0.25) is 10.0 Å². The molecule has 3 rings (SSSR count). The minimum atomic E-state index is -3.19. The summed E-state index contributed by atoms with van der Waals surface area (Å²) in [4.78, 5) is 5.95. The predicted molar refractivity (Wildman–Crippen MR) is 131 cm³/mol. The number of halogens is 1. The Bertz CT molecular complexity index is 928. The highest BCUT2D eigenvalue weighted by molar-refractivity contribution is 14.0. The Morgan fingerprint density at radius 3 is 2.80 bits per heavy atom. The van der Waals surface area contributed by atoms with E-state index in [1.807, 2.05) is 24.6 Å². The van der Waals surface area contributed by atoms with Crippen molar-refractivity contribution < 1.29 is 8.42 Å². The third-order valence-electron chi connectivity index (χ3n) is 5.06. The molecule has 0 saturated carbocycles. The van der Waals surface area contributed by atoms with Crippen LogP contribution in [0.3, 0.4) is 0 Å². The molecule has 2 N–H and O–H groups in total. The van der Waals surface area contributed by atoms with E-state index >= 15 is 0 Å². The summed E-state index contributed by atoms with van der Waals surface area (Å²) in [6.45, 7) is 4.15. The molecule has 1 atom stereocenters. The lowest BCUT2D eigenvalue weighted by atomic mass is 10.2. The van der Waals surface area contributed by atoms with Crippen molar-refractivity contribution in [3.63, 3.8) is 0 Å². The summed E-state index contributed by atoms with van der Waals surface area (Å²) in [5.74, 6) is 2.27. The molecule has 1 aliphatic heterocycles. The van der Waals surface area contributed by atoms with Crippen molar-refractivity contribution in [2.24, 2.45) is 12.0 Å². The van der Waals surface area contributed by atoms with Crippen LogP contribution in [0.1, 0.15) is 29.4 Å². The summed E-state index contributed by atoms with van der Waals surface area (Å²) >= 11 is 1.73. The van der Waals surface area contributed by atoms with Crippen molar-refractivity contribution >= 4 is 51.3 Å². The Labute approximate surface area is 199 Å². The highest BCUT2D eigenvalue weighted by Crippen LogP contribution is 2.19. The molecule has 0 unspecified atom stereocenters. The van der Waals surface area contributed by atoms with Gasteiger partial charge in [0.15, 0.2) is 11.8 Å². The normalized spacial score (nSPS) is 17.7. The van der Waals surface area contributed by atoms with Crippen molar-refractivity contribution in [2.45, 2.75) is 38.8 Å². The number of guanidine groups is 1. The summed E-state index contributed by atoms with van der Waals surface area (Å²) in [5.41, 5.74) is 0. The van der Waals surface area contributed by atoms with E-state index < -0.39 is 10.0 Å². The zero-order valence-corrected chi connectivity index (χ0v) is 21.5. The molecule has 0 bridgehead atoms. The Balaban J connectivity index is 0.00000320. The van der Waals surface area contributed by atoms with Crippen molar-refractivity contribution in [1.29, 1.82) is 0 Å². The highest BCUT2D eigenvalue weighted by atomic mass is 127. The van der Waals surface area contributed by atoms with E-state index in [1.54, 1.807) is 15.6 Å². The Kier molecular flexibility index (Phi) is 9.50. The van der Waals surface area contributed by atoms with E-state index in [1.165, 1.54) is 11.1 Å². The van der Waals surface area contributed by atoms with Gasteiger partial charge in [0.1, 0.15) is 12.4 Å².